The highest BCUT2D eigenvalue weighted by Crippen LogP contribution is 2.09. The highest BCUT2D eigenvalue weighted by Gasteiger charge is 2.02. The molecule has 0 aromatic rings. The summed E-state index contributed by atoms with van der Waals surface area (Å²) in [5, 5.41) is 9.63. The Balaban J connectivity index is 3.11. The molecule has 0 aliphatic heterocycles. The number of aliphatic hydroxyl groups excluding tert-OH is 1. The van der Waals surface area contributed by atoms with E-state index in [0.29, 0.717) is 0 Å². The van der Waals surface area contributed by atoms with Crippen LogP contribution in [0.1, 0.15) is 51.9 Å². The van der Waals surface area contributed by atoms with Gasteiger partial charge in [0.2, 0.25) is 0 Å². The van der Waals surface area contributed by atoms with E-state index >= 15 is 0 Å². The first kappa shape index (κ1) is 14.7. The van der Waals surface area contributed by atoms with E-state index in [9.17, 15) is 5.11 Å². The zero-order chi connectivity index (χ0) is 11.4. The van der Waals surface area contributed by atoms with Gasteiger partial charge in [0, 0.05) is 13.2 Å². The third kappa shape index (κ3) is 11.6. The monoisotopic (exact) mass is 214 g/mol. The minimum Gasteiger partial charge on any atom is -0.393 e. The van der Waals surface area contributed by atoms with Gasteiger partial charge in [0.05, 0.1) is 6.10 Å². The molecule has 1 unspecified atom stereocenters. The lowest BCUT2D eigenvalue weighted by Gasteiger charge is -2.09. The quantitative estimate of drug-likeness (QED) is 0.422. The zero-order valence-electron chi connectivity index (χ0n) is 10.1. The molecule has 0 fully saturated rings. The lowest BCUT2D eigenvalue weighted by Crippen LogP contribution is -2.08. The zero-order valence-corrected chi connectivity index (χ0v) is 10.1. The maximum Gasteiger partial charge on any atom is 0.0541 e. The van der Waals surface area contributed by atoms with Gasteiger partial charge in [-0.1, -0.05) is 18.9 Å². The molecule has 0 rings (SSSR count). The van der Waals surface area contributed by atoms with Gasteiger partial charge in [-0.3, -0.25) is 0 Å². The molecular formula is C13H26O2. The SMILES string of the molecule is C=CCCCCCC(O)CCCOCC. The van der Waals surface area contributed by atoms with E-state index in [1.54, 1.807) is 0 Å². The van der Waals surface area contributed by atoms with Crippen molar-refractivity contribution in [2.45, 2.75) is 58.0 Å². The lowest BCUT2D eigenvalue weighted by molar-refractivity contribution is 0.109. The van der Waals surface area contributed by atoms with Crippen molar-refractivity contribution in [2.24, 2.45) is 0 Å². The summed E-state index contributed by atoms with van der Waals surface area (Å²) in [6.45, 7) is 7.24. The summed E-state index contributed by atoms with van der Waals surface area (Å²) in [7, 11) is 0. The second-order valence-corrected chi connectivity index (χ2v) is 3.92. The first-order valence-corrected chi connectivity index (χ1v) is 6.18. The van der Waals surface area contributed by atoms with Crippen LogP contribution >= 0.6 is 0 Å². The van der Waals surface area contributed by atoms with Crippen molar-refractivity contribution in [1.82, 2.24) is 0 Å². The molecule has 0 aromatic heterocycles. The maximum atomic E-state index is 9.63. The fourth-order valence-electron chi connectivity index (χ4n) is 1.56. The van der Waals surface area contributed by atoms with Crippen LogP contribution in [0.5, 0.6) is 0 Å². The molecule has 0 spiro atoms. The van der Waals surface area contributed by atoms with E-state index in [2.05, 4.69) is 6.58 Å². The van der Waals surface area contributed by atoms with Gasteiger partial charge in [-0.2, -0.15) is 0 Å². The van der Waals surface area contributed by atoms with Crippen LogP contribution in [0.15, 0.2) is 12.7 Å². The third-order valence-corrected chi connectivity index (χ3v) is 2.48. The van der Waals surface area contributed by atoms with E-state index in [0.717, 1.165) is 45.3 Å². The van der Waals surface area contributed by atoms with Gasteiger partial charge in [0.25, 0.3) is 0 Å². The highest BCUT2D eigenvalue weighted by atomic mass is 16.5. The van der Waals surface area contributed by atoms with Gasteiger partial charge in [-0.15, -0.1) is 6.58 Å². The summed E-state index contributed by atoms with van der Waals surface area (Å²) in [6, 6.07) is 0. The predicted octanol–water partition coefficient (Wildman–Crippen LogP) is 3.30. The summed E-state index contributed by atoms with van der Waals surface area (Å²) < 4.78 is 5.22. The van der Waals surface area contributed by atoms with Gasteiger partial charge in [0.15, 0.2) is 0 Å². The van der Waals surface area contributed by atoms with Crippen LogP contribution in [0.2, 0.25) is 0 Å². The first-order valence-electron chi connectivity index (χ1n) is 6.18. The fourth-order valence-corrected chi connectivity index (χ4v) is 1.56. The minimum atomic E-state index is -0.130. The number of ether oxygens (including phenoxy) is 1. The number of unbranched alkanes of at least 4 members (excludes halogenated alkanes) is 3. The number of aliphatic hydroxyl groups is 1. The smallest absolute Gasteiger partial charge is 0.0541 e. The maximum absolute atomic E-state index is 9.63. The summed E-state index contributed by atoms with van der Waals surface area (Å²) in [5.41, 5.74) is 0. The molecule has 1 atom stereocenters. The van der Waals surface area contributed by atoms with Gasteiger partial charge in [-0.05, 0) is 39.0 Å². The summed E-state index contributed by atoms with van der Waals surface area (Å²) in [5.74, 6) is 0. The normalized spacial score (nSPS) is 12.7. The van der Waals surface area contributed by atoms with Gasteiger partial charge >= 0.3 is 0 Å². The molecule has 0 amide bonds. The van der Waals surface area contributed by atoms with Crippen LogP contribution in [0.3, 0.4) is 0 Å². The average Bonchev–Trinajstić information content (AvgIpc) is 2.24. The minimum absolute atomic E-state index is 0.130. The summed E-state index contributed by atoms with van der Waals surface area (Å²) in [6.07, 6.45) is 9.24. The molecule has 15 heavy (non-hydrogen) atoms. The predicted molar refractivity (Wildman–Crippen MR) is 65.0 cm³/mol. The second kappa shape index (κ2) is 11.7. The van der Waals surface area contributed by atoms with Gasteiger partial charge in [-0.25, -0.2) is 0 Å². The average molecular weight is 214 g/mol. The van der Waals surface area contributed by atoms with E-state index in [4.69, 9.17) is 4.74 Å². The summed E-state index contributed by atoms with van der Waals surface area (Å²) >= 11 is 0. The largest absolute Gasteiger partial charge is 0.393 e. The van der Waals surface area contributed by atoms with Crippen LogP contribution in [0, 0.1) is 0 Å². The van der Waals surface area contributed by atoms with Crippen molar-refractivity contribution < 1.29 is 9.84 Å². The molecule has 0 radical (unpaired) electrons. The van der Waals surface area contributed by atoms with Crippen molar-refractivity contribution in [3.8, 4) is 0 Å². The number of allylic oxidation sites excluding steroid dienone is 1. The topological polar surface area (TPSA) is 29.5 Å². The van der Waals surface area contributed by atoms with Crippen molar-refractivity contribution in [2.75, 3.05) is 13.2 Å². The fraction of sp³-hybridized carbons (Fsp3) is 0.846. The number of hydrogen-bond acceptors (Lipinski definition) is 2. The van der Waals surface area contributed by atoms with Crippen LogP contribution in [-0.2, 0) is 4.74 Å². The van der Waals surface area contributed by atoms with Crippen LogP contribution < -0.4 is 0 Å². The third-order valence-electron chi connectivity index (χ3n) is 2.48. The molecule has 0 aliphatic carbocycles. The van der Waals surface area contributed by atoms with Crippen molar-refractivity contribution >= 4 is 0 Å². The Morgan fingerprint density at radius 2 is 1.93 bits per heavy atom. The van der Waals surface area contributed by atoms with Gasteiger partial charge < -0.3 is 9.84 Å². The van der Waals surface area contributed by atoms with Crippen molar-refractivity contribution in [3.63, 3.8) is 0 Å². The molecule has 90 valence electrons. The Bertz CT molecular complexity index is 134. The first-order chi connectivity index (χ1) is 7.31. The van der Waals surface area contributed by atoms with Crippen LogP contribution in [0.4, 0.5) is 0 Å². The Morgan fingerprint density at radius 3 is 2.60 bits per heavy atom. The van der Waals surface area contributed by atoms with Crippen LogP contribution in [0.25, 0.3) is 0 Å². The molecule has 0 aliphatic rings. The molecule has 0 saturated heterocycles. The molecule has 0 aromatic carbocycles. The highest BCUT2D eigenvalue weighted by molar-refractivity contribution is 4.65. The molecule has 1 N–H and O–H groups in total. The van der Waals surface area contributed by atoms with E-state index in [-0.39, 0.29) is 6.10 Å². The standard InChI is InChI=1S/C13H26O2/c1-3-5-6-7-8-10-13(14)11-9-12-15-4-2/h3,13-14H,1,4-12H2,2H3. The van der Waals surface area contributed by atoms with E-state index in [1.807, 2.05) is 13.0 Å². The Morgan fingerprint density at radius 1 is 1.20 bits per heavy atom. The molecular weight excluding hydrogens is 188 g/mol. The number of hydrogen-bond donors (Lipinski definition) is 1. The van der Waals surface area contributed by atoms with E-state index < -0.39 is 0 Å². The molecule has 0 saturated carbocycles. The molecule has 0 bridgehead atoms. The Hall–Kier alpha value is -0.340. The van der Waals surface area contributed by atoms with Gasteiger partial charge in [0.1, 0.15) is 0 Å². The Kier molecular flexibility index (Phi) is 11.5. The van der Waals surface area contributed by atoms with Crippen molar-refractivity contribution in [1.29, 1.82) is 0 Å². The van der Waals surface area contributed by atoms with Crippen LogP contribution in [-0.4, -0.2) is 24.4 Å². The second-order valence-electron chi connectivity index (χ2n) is 3.92. The molecule has 0 heterocycles. The van der Waals surface area contributed by atoms with Crippen molar-refractivity contribution in [3.05, 3.63) is 12.7 Å². The van der Waals surface area contributed by atoms with E-state index in [1.165, 1.54) is 12.8 Å². The Labute approximate surface area is 94.3 Å². The number of rotatable bonds is 11. The molecule has 2 heteroatoms. The molecule has 2 nitrogen and oxygen atoms in total. The lowest BCUT2D eigenvalue weighted by atomic mass is 10.1. The summed E-state index contributed by atoms with van der Waals surface area (Å²) in [4.78, 5) is 0.